The zero-order valence-electron chi connectivity index (χ0n) is 20.6. The second kappa shape index (κ2) is 10.3. The number of nitriles is 3. The van der Waals surface area contributed by atoms with Crippen LogP contribution in [-0.2, 0) is 6.42 Å². The molecule has 0 radical (unpaired) electrons. The van der Waals surface area contributed by atoms with Crippen LogP contribution in [0.3, 0.4) is 0 Å². The second-order valence-electron chi connectivity index (χ2n) is 8.72. The maximum Gasteiger partial charge on any atom is 0.252 e. The minimum Gasteiger partial charge on any atom is -0.201 e. The molecule has 2 aromatic carbocycles. The molecule has 1 aliphatic rings. The van der Waals surface area contributed by atoms with Gasteiger partial charge in [0, 0.05) is 33.4 Å². The fraction of sp³-hybridized carbons (Fsp3) is 0.0345. The van der Waals surface area contributed by atoms with Crippen molar-refractivity contribution in [3.63, 3.8) is 0 Å². The lowest BCUT2D eigenvalue weighted by molar-refractivity contribution is 0.410. The van der Waals surface area contributed by atoms with Gasteiger partial charge in [-0.15, -0.1) is 6.58 Å². The highest BCUT2D eigenvalue weighted by molar-refractivity contribution is 6.26. The van der Waals surface area contributed by atoms with Crippen molar-refractivity contribution in [1.82, 2.24) is 9.97 Å². The minimum absolute atomic E-state index is 0.0177. The number of benzene rings is 2. The molecule has 0 fully saturated rings. The third kappa shape index (κ3) is 4.05. The second-order valence-corrected chi connectivity index (χ2v) is 8.72. The number of aromatic nitrogens is 2. The largest absolute Gasteiger partial charge is 0.252 e. The Labute approximate surface area is 231 Å². The first-order valence-corrected chi connectivity index (χ1v) is 11.6. The van der Waals surface area contributed by atoms with E-state index in [1.807, 2.05) is 0 Å². The van der Waals surface area contributed by atoms with Gasteiger partial charge in [-0.3, -0.25) is 0 Å². The van der Waals surface area contributed by atoms with E-state index in [0.717, 1.165) is 24.3 Å². The Balaban J connectivity index is 1.91. The van der Waals surface area contributed by atoms with Crippen LogP contribution in [0.4, 0.5) is 30.7 Å². The summed E-state index contributed by atoms with van der Waals surface area (Å²) in [6, 6.07) is 7.78. The molecule has 13 heteroatoms. The maximum absolute atomic E-state index is 15.2. The van der Waals surface area contributed by atoms with Gasteiger partial charge in [0.1, 0.15) is 0 Å². The molecule has 0 aliphatic heterocycles. The van der Waals surface area contributed by atoms with Crippen LogP contribution in [-0.4, -0.2) is 15.7 Å². The normalized spacial score (nSPS) is 12.3. The van der Waals surface area contributed by atoms with Crippen LogP contribution < -0.4 is 0 Å². The van der Waals surface area contributed by atoms with E-state index in [9.17, 15) is 42.1 Å². The molecule has 0 atom stereocenters. The van der Waals surface area contributed by atoms with E-state index in [4.69, 9.17) is 0 Å². The van der Waals surface area contributed by atoms with Crippen LogP contribution in [0.1, 0.15) is 27.8 Å². The first-order chi connectivity index (χ1) is 20.1. The van der Waals surface area contributed by atoms with Crippen molar-refractivity contribution in [2.45, 2.75) is 6.42 Å². The minimum atomic E-state index is -1.98. The Morgan fingerprint density at radius 3 is 1.55 bits per heavy atom. The lowest BCUT2D eigenvalue weighted by Gasteiger charge is -2.14. The van der Waals surface area contributed by atoms with Crippen molar-refractivity contribution in [2.24, 2.45) is 4.99 Å². The fourth-order valence-electron chi connectivity index (χ4n) is 4.83. The van der Waals surface area contributed by atoms with Crippen molar-refractivity contribution in [1.29, 1.82) is 15.8 Å². The summed E-state index contributed by atoms with van der Waals surface area (Å²) in [6.07, 6.45) is 2.43. The molecule has 0 saturated carbocycles. The summed E-state index contributed by atoms with van der Waals surface area (Å²) in [6.45, 7) is 3.46. The van der Waals surface area contributed by atoms with Crippen LogP contribution in [0.15, 0.2) is 41.9 Å². The highest BCUT2D eigenvalue weighted by Gasteiger charge is 2.33. The Kier molecular flexibility index (Phi) is 6.77. The van der Waals surface area contributed by atoms with Crippen molar-refractivity contribution in [3.05, 3.63) is 106 Å². The average Bonchev–Trinajstić information content (AvgIpc) is 3.25. The standard InChI is InChI=1S/C29H9F7N6/c1-2-3-13-20(22(30)27(34)41-26(13)33)14-6-16-17-7-15(21-23(31)28(35)42-29(36)24(21)32)12(9-38)5-19(17)25(40-10-39)18(16)4-11(14)8-37/h2,4-7H,1,3H2. The summed E-state index contributed by atoms with van der Waals surface area (Å²) < 4.78 is 101. The van der Waals surface area contributed by atoms with E-state index in [2.05, 4.69) is 21.5 Å². The van der Waals surface area contributed by atoms with Gasteiger partial charge in [-0.2, -0.15) is 48.3 Å². The van der Waals surface area contributed by atoms with Gasteiger partial charge in [-0.25, -0.2) is 13.2 Å². The highest BCUT2D eigenvalue weighted by atomic mass is 19.2. The Morgan fingerprint density at radius 2 is 1.10 bits per heavy atom. The average molecular weight is 574 g/mol. The van der Waals surface area contributed by atoms with E-state index < -0.39 is 69.1 Å². The smallest absolute Gasteiger partial charge is 0.201 e. The molecule has 0 bridgehead atoms. The van der Waals surface area contributed by atoms with Crippen molar-refractivity contribution < 1.29 is 30.7 Å². The van der Waals surface area contributed by atoms with Crippen LogP contribution in [0.2, 0.25) is 0 Å². The van der Waals surface area contributed by atoms with Gasteiger partial charge in [0.15, 0.2) is 17.5 Å². The zero-order valence-corrected chi connectivity index (χ0v) is 20.6. The number of aliphatic imine (C=N–C) groups is 1. The number of pyridine rings is 2. The highest BCUT2D eigenvalue weighted by Crippen LogP contribution is 2.45. The van der Waals surface area contributed by atoms with Crippen LogP contribution in [0.25, 0.3) is 33.4 Å². The van der Waals surface area contributed by atoms with Gasteiger partial charge in [-0.1, -0.05) is 6.08 Å². The predicted molar refractivity (Wildman–Crippen MR) is 133 cm³/mol. The van der Waals surface area contributed by atoms with Crippen LogP contribution >= 0.6 is 0 Å². The summed E-state index contributed by atoms with van der Waals surface area (Å²) in [5, 5.41) is 28.9. The van der Waals surface area contributed by atoms with E-state index in [0.29, 0.717) is 0 Å². The third-order valence-corrected chi connectivity index (χ3v) is 6.55. The molecule has 42 heavy (non-hydrogen) atoms. The van der Waals surface area contributed by atoms with Crippen LogP contribution in [0, 0.1) is 75.4 Å². The van der Waals surface area contributed by atoms with E-state index in [-0.39, 0.29) is 45.5 Å². The number of rotatable bonds is 4. The van der Waals surface area contributed by atoms with Gasteiger partial charge in [0.05, 0.1) is 34.5 Å². The molecule has 1 aliphatic carbocycles. The lowest BCUT2D eigenvalue weighted by atomic mass is 9.90. The van der Waals surface area contributed by atoms with Crippen molar-refractivity contribution >= 4 is 5.71 Å². The molecule has 0 N–H and O–H groups in total. The summed E-state index contributed by atoms with van der Waals surface area (Å²) in [7, 11) is 0. The fourth-order valence-corrected chi connectivity index (χ4v) is 4.83. The number of nitrogens with zero attached hydrogens (tertiary/aromatic N) is 6. The lowest BCUT2D eigenvalue weighted by Crippen LogP contribution is -2.06. The first kappa shape index (κ1) is 27.7. The van der Waals surface area contributed by atoms with Gasteiger partial charge < -0.3 is 0 Å². The summed E-state index contributed by atoms with van der Waals surface area (Å²) in [5.41, 5.74) is -4.08. The van der Waals surface area contributed by atoms with Crippen LogP contribution in [0.5, 0.6) is 0 Å². The molecule has 5 rings (SSSR count). The molecule has 204 valence electrons. The molecular weight excluding hydrogens is 565 g/mol. The van der Waals surface area contributed by atoms with Crippen molar-refractivity contribution in [2.75, 3.05) is 0 Å². The summed E-state index contributed by atoms with van der Waals surface area (Å²) in [4.78, 5) is 9.15. The molecule has 0 amide bonds. The maximum atomic E-state index is 15.2. The number of hydrogen-bond donors (Lipinski definition) is 0. The first-order valence-electron chi connectivity index (χ1n) is 11.6. The summed E-state index contributed by atoms with van der Waals surface area (Å²) in [5.74, 6) is -12.5. The van der Waals surface area contributed by atoms with Gasteiger partial charge in [0.2, 0.25) is 12.1 Å². The van der Waals surface area contributed by atoms with Crippen molar-refractivity contribution in [3.8, 4) is 51.7 Å². The molecule has 2 heterocycles. The molecular formula is C29H9F7N6. The number of allylic oxidation sites excluding steroid dienone is 1. The molecule has 0 unspecified atom stereocenters. The quantitative estimate of drug-likeness (QED) is 0.105. The monoisotopic (exact) mass is 574 g/mol. The Morgan fingerprint density at radius 1 is 0.643 bits per heavy atom. The zero-order chi connectivity index (χ0) is 30.5. The molecule has 0 spiro atoms. The van der Waals surface area contributed by atoms with Gasteiger partial charge >= 0.3 is 0 Å². The van der Waals surface area contributed by atoms with E-state index >= 15 is 4.39 Å². The molecule has 2 aromatic heterocycles. The number of halogens is 7. The molecule has 4 aromatic rings. The third-order valence-electron chi connectivity index (χ3n) is 6.55. The Hall–Kier alpha value is -5.87. The SMILES string of the molecule is C=CCc1c(F)nc(F)c(F)c1-c1cc2c(cc1C#N)C(=NC#N)c1cc(C#N)c(-c3c(F)c(F)nc(F)c3F)cc1-2. The Bertz CT molecular complexity index is 2020. The van der Waals surface area contributed by atoms with Gasteiger partial charge in [-0.05, 0) is 41.8 Å². The van der Waals surface area contributed by atoms with Gasteiger partial charge in [0.25, 0.3) is 17.8 Å². The van der Waals surface area contributed by atoms with E-state index in [1.54, 1.807) is 18.3 Å². The molecule has 0 saturated heterocycles. The topological polar surface area (TPSA) is 110 Å². The number of hydrogen-bond acceptors (Lipinski definition) is 6. The number of fused-ring (bicyclic) bond motifs is 3. The predicted octanol–water partition coefficient (Wildman–Crippen LogP) is 6.56. The summed E-state index contributed by atoms with van der Waals surface area (Å²) >= 11 is 0. The molecule has 6 nitrogen and oxygen atoms in total. The van der Waals surface area contributed by atoms with E-state index in [1.165, 1.54) is 6.08 Å².